The van der Waals surface area contributed by atoms with E-state index >= 15 is 0 Å². The molecule has 0 heterocycles. The van der Waals surface area contributed by atoms with Crippen LogP contribution in [0.2, 0.25) is 0 Å². The third-order valence-electron chi connectivity index (χ3n) is 5.21. The van der Waals surface area contributed by atoms with Gasteiger partial charge in [-0.1, -0.05) is 89.0 Å². The normalized spacial score (nSPS) is 11.5. The van der Waals surface area contributed by atoms with E-state index in [2.05, 4.69) is 6.92 Å². The van der Waals surface area contributed by atoms with Crippen LogP contribution in [-0.2, 0) is 16.5 Å². The number of phenolic OH excluding ortho intramolecular Hbond substituents is 1. The molecule has 2 rings (SSSR count). The average Bonchev–Trinajstić information content (AvgIpc) is 2.70. The third-order valence-corrected chi connectivity index (χ3v) is 6.12. The molecule has 2 aromatic carbocycles. The van der Waals surface area contributed by atoms with E-state index < -0.39 is 20.8 Å². The summed E-state index contributed by atoms with van der Waals surface area (Å²) in [6, 6.07) is 11.8. The fraction of sp³-hybridized carbons (Fsp3) is 0.500. The summed E-state index contributed by atoms with van der Waals surface area (Å²) in [6.07, 6.45) is 12.6. The minimum atomic E-state index is -4.63. The van der Waals surface area contributed by atoms with E-state index in [0.717, 1.165) is 19.3 Å². The summed E-state index contributed by atoms with van der Waals surface area (Å²) in [5.41, 5.74) is 0.502. The molecule has 5 nitrogen and oxygen atoms in total. The summed E-state index contributed by atoms with van der Waals surface area (Å²) in [7, 11) is -4.63. The van der Waals surface area contributed by atoms with Crippen molar-refractivity contribution in [1.82, 2.24) is 0 Å². The lowest BCUT2D eigenvalue weighted by molar-refractivity contribution is 0.410. The Hall–Kier alpha value is -2.05. The van der Waals surface area contributed by atoms with E-state index in [9.17, 15) is 18.1 Å². The first-order valence-electron chi connectivity index (χ1n) is 11.0. The van der Waals surface area contributed by atoms with E-state index in [1.807, 2.05) is 6.07 Å². The van der Waals surface area contributed by atoms with Gasteiger partial charge in [0, 0.05) is 0 Å². The van der Waals surface area contributed by atoms with Gasteiger partial charge >= 0.3 is 10.1 Å². The zero-order valence-corrected chi connectivity index (χ0v) is 18.7. The van der Waals surface area contributed by atoms with Crippen LogP contribution < -0.4 is 4.74 Å². The quantitative estimate of drug-likeness (QED) is 0.250. The molecule has 0 bridgehead atoms. The maximum Gasteiger partial charge on any atom is 0.301 e. The van der Waals surface area contributed by atoms with Crippen molar-refractivity contribution in [1.29, 1.82) is 0 Å². The molecule has 2 aromatic rings. The second-order valence-corrected chi connectivity index (χ2v) is 9.08. The van der Waals surface area contributed by atoms with Crippen LogP contribution >= 0.6 is 0 Å². The van der Waals surface area contributed by atoms with Crippen molar-refractivity contribution in [3.63, 3.8) is 0 Å². The molecule has 0 saturated carbocycles. The van der Waals surface area contributed by atoms with Gasteiger partial charge in [-0.05, 0) is 36.6 Å². The number of phenols is 1. The van der Waals surface area contributed by atoms with E-state index in [0.29, 0.717) is 17.7 Å². The van der Waals surface area contributed by atoms with Gasteiger partial charge in [-0.3, -0.25) is 4.55 Å². The molecule has 166 valence electrons. The van der Waals surface area contributed by atoms with Crippen LogP contribution in [0, 0.1) is 0 Å². The second kappa shape index (κ2) is 12.6. The van der Waals surface area contributed by atoms with Gasteiger partial charge in [0.05, 0.1) is 0 Å². The lowest BCUT2D eigenvalue weighted by atomic mass is 10.0. The Morgan fingerprint density at radius 1 is 0.800 bits per heavy atom. The van der Waals surface area contributed by atoms with Crippen molar-refractivity contribution < 1.29 is 22.8 Å². The SMILES string of the molecule is CCCCCCCCCCCCc1ccc(Oc2ccccc2)c(S(=O)(=O)O)c1O. The Morgan fingerprint density at radius 3 is 1.93 bits per heavy atom. The minimum absolute atomic E-state index is 0.0898. The molecule has 0 aromatic heterocycles. The molecule has 0 unspecified atom stereocenters. The third kappa shape index (κ3) is 8.00. The molecule has 6 heteroatoms. The molecule has 0 spiro atoms. The summed E-state index contributed by atoms with van der Waals surface area (Å²) in [5.74, 6) is -0.0980. The van der Waals surface area contributed by atoms with Crippen molar-refractivity contribution in [2.24, 2.45) is 0 Å². The average molecular weight is 435 g/mol. The first kappa shape index (κ1) is 24.2. The number of unbranched alkanes of at least 4 members (excludes halogenated alkanes) is 9. The molecule has 0 aliphatic carbocycles. The second-order valence-electron chi connectivity index (χ2n) is 7.72. The number of para-hydroxylation sites is 1. The molecule has 30 heavy (non-hydrogen) atoms. The fourth-order valence-corrected chi connectivity index (χ4v) is 4.28. The number of benzene rings is 2. The summed E-state index contributed by atoms with van der Waals surface area (Å²) in [6.45, 7) is 2.22. The van der Waals surface area contributed by atoms with Crippen LogP contribution in [0.25, 0.3) is 0 Å². The van der Waals surface area contributed by atoms with Crippen LogP contribution in [0.1, 0.15) is 76.7 Å². The number of aromatic hydroxyl groups is 1. The highest BCUT2D eigenvalue weighted by atomic mass is 32.2. The Labute approximate surface area is 180 Å². The lowest BCUT2D eigenvalue weighted by Gasteiger charge is -2.14. The molecule has 0 aliphatic rings. The van der Waals surface area contributed by atoms with Crippen molar-refractivity contribution in [3.8, 4) is 17.2 Å². The molecule has 0 fully saturated rings. The largest absolute Gasteiger partial charge is 0.506 e. The predicted molar refractivity (Wildman–Crippen MR) is 120 cm³/mol. The van der Waals surface area contributed by atoms with Gasteiger partial charge < -0.3 is 9.84 Å². The highest BCUT2D eigenvalue weighted by Crippen LogP contribution is 2.38. The Bertz CT molecular complexity index is 863. The van der Waals surface area contributed by atoms with E-state index in [4.69, 9.17) is 4.74 Å². The van der Waals surface area contributed by atoms with Gasteiger partial charge in [-0.2, -0.15) is 8.42 Å². The Kier molecular flexibility index (Phi) is 10.2. The monoisotopic (exact) mass is 434 g/mol. The van der Waals surface area contributed by atoms with Crippen molar-refractivity contribution in [3.05, 3.63) is 48.0 Å². The number of hydrogen-bond acceptors (Lipinski definition) is 4. The highest BCUT2D eigenvalue weighted by Gasteiger charge is 2.25. The smallest absolute Gasteiger partial charge is 0.301 e. The molecule has 0 radical (unpaired) electrons. The topological polar surface area (TPSA) is 83.8 Å². The first-order valence-corrected chi connectivity index (χ1v) is 12.4. The number of ether oxygens (including phenoxy) is 1. The van der Waals surface area contributed by atoms with Crippen LogP contribution in [0.3, 0.4) is 0 Å². The maximum absolute atomic E-state index is 11.9. The maximum atomic E-state index is 11.9. The molecule has 0 saturated heterocycles. The zero-order chi connectivity index (χ0) is 21.8. The number of rotatable bonds is 14. The van der Waals surface area contributed by atoms with Gasteiger partial charge in [0.15, 0.2) is 10.6 Å². The van der Waals surface area contributed by atoms with Gasteiger partial charge in [0.1, 0.15) is 11.5 Å². The molecule has 2 N–H and O–H groups in total. The zero-order valence-electron chi connectivity index (χ0n) is 17.8. The van der Waals surface area contributed by atoms with E-state index in [1.54, 1.807) is 30.3 Å². The molecular weight excluding hydrogens is 400 g/mol. The molecule has 0 amide bonds. The first-order chi connectivity index (χ1) is 14.4. The van der Waals surface area contributed by atoms with Gasteiger partial charge in [-0.25, -0.2) is 0 Å². The standard InChI is InChI=1S/C24H34O5S/c1-2-3-4-5-6-7-8-9-10-12-15-20-18-19-22(24(23(20)25)30(26,27)28)29-21-16-13-11-14-17-21/h11,13-14,16-19,25H,2-10,12,15H2,1H3,(H,26,27,28). The summed E-state index contributed by atoms with van der Waals surface area (Å²) >= 11 is 0. The number of hydrogen-bond donors (Lipinski definition) is 2. The van der Waals surface area contributed by atoms with Crippen molar-refractivity contribution in [2.75, 3.05) is 0 Å². The van der Waals surface area contributed by atoms with Crippen LogP contribution in [-0.4, -0.2) is 18.1 Å². The van der Waals surface area contributed by atoms with Crippen LogP contribution in [0.4, 0.5) is 0 Å². The molecular formula is C24H34O5S. The van der Waals surface area contributed by atoms with E-state index in [1.165, 1.54) is 51.0 Å². The molecule has 0 atom stereocenters. The molecule has 0 aliphatic heterocycles. The van der Waals surface area contributed by atoms with E-state index in [-0.39, 0.29) is 5.75 Å². The Balaban J connectivity index is 1.90. The van der Waals surface area contributed by atoms with Crippen LogP contribution in [0.15, 0.2) is 47.4 Å². The summed E-state index contributed by atoms with van der Waals surface area (Å²) < 4.78 is 39.0. The van der Waals surface area contributed by atoms with Gasteiger partial charge in [0.25, 0.3) is 0 Å². The van der Waals surface area contributed by atoms with Crippen LogP contribution in [0.5, 0.6) is 17.2 Å². The summed E-state index contributed by atoms with van der Waals surface area (Å²) in [4.78, 5) is -0.573. The van der Waals surface area contributed by atoms with Gasteiger partial charge in [-0.15, -0.1) is 0 Å². The Morgan fingerprint density at radius 2 is 1.37 bits per heavy atom. The highest BCUT2D eigenvalue weighted by molar-refractivity contribution is 7.86. The van der Waals surface area contributed by atoms with Crippen molar-refractivity contribution >= 4 is 10.1 Å². The van der Waals surface area contributed by atoms with Crippen molar-refractivity contribution in [2.45, 2.75) is 82.4 Å². The fourth-order valence-electron chi connectivity index (χ4n) is 3.54. The van der Waals surface area contributed by atoms with Gasteiger partial charge in [0.2, 0.25) is 0 Å². The number of aryl methyl sites for hydroxylation is 1. The summed E-state index contributed by atoms with van der Waals surface area (Å²) in [5, 5.41) is 10.5. The predicted octanol–water partition coefficient (Wildman–Crippen LogP) is 6.89. The lowest BCUT2D eigenvalue weighted by Crippen LogP contribution is -2.04. The minimum Gasteiger partial charge on any atom is -0.506 e.